The van der Waals surface area contributed by atoms with Crippen LogP contribution in [0.1, 0.15) is 6.92 Å². The molecule has 3 heterocycles. The fourth-order valence-electron chi connectivity index (χ4n) is 2.66. The van der Waals surface area contributed by atoms with Gasteiger partial charge in [-0.2, -0.15) is 0 Å². The summed E-state index contributed by atoms with van der Waals surface area (Å²) in [6.45, 7) is 7.61. The van der Waals surface area contributed by atoms with Crippen molar-refractivity contribution in [2.75, 3.05) is 44.2 Å². The fourth-order valence-corrected chi connectivity index (χ4v) is 2.66. The van der Waals surface area contributed by atoms with Gasteiger partial charge in [-0.25, -0.2) is 15.0 Å². The molecule has 1 fully saturated rings. The van der Waals surface area contributed by atoms with Crippen LogP contribution in [0.25, 0.3) is 11.2 Å². The van der Waals surface area contributed by atoms with Crippen LogP contribution in [0.4, 0.5) is 5.82 Å². The number of imidazole rings is 1. The van der Waals surface area contributed by atoms with Gasteiger partial charge in [0.15, 0.2) is 17.0 Å². The third kappa shape index (κ3) is 2.34. The molecular formula is C13H20N6O. The molecule has 1 aliphatic heterocycles. The largest absolute Gasteiger partial charge is 0.395 e. The summed E-state index contributed by atoms with van der Waals surface area (Å²) in [6.07, 6.45) is 3.44. The average molecular weight is 276 g/mol. The topological polar surface area (TPSA) is 70.3 Å². The molecule has 0 bridgehead atoms. The number of aliphatic hydroxyl groups is 1. The zero-order chi connectivity index (χ0) is 13.9. The van der Waals surface area contributed by atoms with Gasteiger partial charge in [-0.05, 0) is 6.92 Å². The molecule has 20 heavy (non-hydrogen) atoms. The number of piperazine rings is 1. The lowest BCUT2D eigenvalue weighted by molar-refractivity contribution is 0.188. The lowest BCUT2D eigenvalue weighted by atomic mass is 10.3. The van der Waals surface area contributed by atoms with E-state index in [0.717, 1.165) is 56.3 Å². The predicted octanol–water partition coefficient (Wildman–Crippen LogP) is -0.0395. The van der Waals surface area contributed by atoms with Crippen LogP contribution in [0.15, 0.2) is 12.7 Å². The maximum Gasteiger partial charge on any atom is 0.165 e. The SMILES string of the molecule is CCn1cnc2c(N3CCN(CCO)CC3)ncnc21. The summed E-state index contributed by atoms with van der Waals surface area (Å²) in [4.78, 5) is 17.7. The normalized spacial score (nSPS) is 17.0. The molecule has 0 aliphatic carbocycles. The number of fused-ring (bicyclic) bond motifs is 1. The number of rotatable bonds is 4. The molecule has 1 saturated heterocycles. The molecular weight excluding hydrogens is 256 g/mol. The van der Waals surface area contributed by atoms with Gasteiger partial charge in [0.1, 0.15) is 6.33 Å². The van der Waals surface area contributed by atoms with E-state index in [1.165, 1.54) is 0 Å². The number of nitrogens with zero attached hydrogens (tertiary/aromatic N) is 6. The van der Waals surface area contributed by atoms with Crippen LogP contribution in [0, 0.1) is 0 Å². The van der Waals surface area contributed by atoms with Crippen LogP contribution in [-0.2, 0) is 6.54 Å². The van der Waals surface area contributed by atoms with Gasteiger partial charge in [0.05, 0.1) is 12.9 Å². The number of aliphatic hydroxyl groups excluding tert-OH is 1. The van der Waals surface area contributed by atoms with E-state index in [2.05, 4.69) is 31.7 Å². The Hall–Kier alpha value is -1.73. The first kappa shape index (κ1) is 13.3. The maximum absolute atomic E-state index is 8.98. The predicted molar refractivity (Wildman–Crippen MR) is 76.7 cm³/mol. The van der Waals surface area contributed by atoms with Crippen LogP contribution < -0.4 is 4.90 Å². The van der Waals surface area contributed by atoms with Gasteiger partial charge in [-0.3, -0.25) is 4.90 Å². The maximum atomic E-state index is 8.98. The molecule has 0 amide bonds. The Morgan fingerprint density at radius 1 is 1.15 bits per heavy atom. The Morgan fingerprint density at radius 2 is 1.95 bits per heavy atom. The number of hydrogen-bond acceptors (Lipinski definition) is 6. The Bertz CT molecular complexity index is 575. The van der Waals surface area contributed by atoms with Gasteiger partial charge in [0, 0.05) is 39.3 Å². The molecule has 2 aromatic rings. The van der Waals surface area contributed by atoms with Crippen LogP contribution in [0.5, 0.6) is 0 Å². The number of aromatic nitrogens is 4. The van der Waals surface area contributed by atoms with Crippen molar-refractivity contribution in [3.8, 4) is 0 Å². The van der Waals surface area contributed by atoms with Crippen molar-refractivity contribution in [1.29, 1.82) is 0 Å². The van der Waals surface area contributed by atoms with Crippen molar-refractivity contribution in [2.45, 2.75) is 13.5 Å². The molecule has 0 saturated carbocycles. The molecule has 2 aromatic heterocycles. The highest BCUT2D eigenvalue weighted by atomic mass is 16.3. The van der Waals surface area contributed by atoms with E-state index in [9.17, 15) is 0 Å². The molecule has 3 rings (SSSR count). The monoisotopic (exact) mass is 276 g/mol. The van der Waals surface area contributed by atoms with E-state index >= 15 is 0 Å². The molecule has 0 spiro atoms. The van der Waals surface area contributed by atoms with Gasteiger partial charge in [-0.1, -0.05) is 0 Å². The summed E-state index contributed by atoms with van der Waals surface area (Å²) in [5, 5.41) is 8.98. The first-order valence-corrected chi connectivity index (χ1v) is 7.07. The van der Waals surface area contributed by atoms with Gasteiger partial charge < -0.3 is 14.6 Å². The van der Waals surface area contributed by atoms with Gasteiger partial charge in [-0.15, -0.1) is 0 Å². The van der Waals surface area contributed by atoms with E-state index in [0.29, 0.717) is 0 Å². The molecule has 0 unspecified atom stereocenters. The Morgan fingerprint density at radius 3 is 2.65 bits per heavy atom. The van der Waals surface area contributed by atoms with Crippen molar-refractivity contribution in [3.63, 3.8) is 0 Å². The molecule has 0 radical (unpaired) electrons. The summed E-state index contributed by atoms with van der Waals surface area (Å²) in [5.41, 5.74) is 1.78. The van der Waals surface area contributed by atoms with Crippen LogP contribution in [0.3, 0.4) is 0 Å². The standard InChI is InChI=1S/C13H20N6O/c1-2-18-10-16-11-12(18)14-9-15-13(11)19-5-3-17(4-6-19)7-8-20/h9-10,20H,2-8H2,1H3. The summed E-state index contributed by atoms with van der Waals surface area (Å²) >= 11 is 0. The lowest BCUT2D eigenvalue weighted by Crippen LogP contribution is -2.47. The van der Waals surface area contributed by atoms with Crippen LogP contribution in [0.2, 0.25) is 0 Å². The quantitative estimate of drug-likeness (QED) is 0.845. The second-order valence-electron chi connectivity index (χ2n) is 4.95. The number of aryl methyl sites for hydroxylation is 1. The molecule has 1 aliphatic rings. The molecule has 7 heteroatoms. The zero-order valence-corrected chi connectivity index (χ0v) is 11.7. The minimum Gasteiger partial charge on any atom is -0.395 e. The second kappa shape index (κ2) is 5.72. The van der Waals surface area contributed by atoms with Crippen molar-refractivity contribution in [1.82, 2.24) is 24.4 Å². The highest BCUT2D eigenvalue weighted by Crippen LogP contribution is 2.22. The first-order valence-electron chi connectivity index (χ1n) is 7.07. The third-order valence-corrected chi connectivity index (χ3v) is 3.81. The summed E-state index contributed by atoms with van der Waals surface area (Å²) in [7, 11) is 0. The second-order valence-corrected chi connectivity index (χ2v) is 4.95. The highest BCUT2D eigenvalue weighted by Gasteiger charge is 2.21. The van der Waals surface area contributed by atoms with Crippen molar-refractivity contribution < 1.29 is 5.11 Å². The fraction of sp³-hybridized carbons (Fsp3) is 0.615. The van der Waals surface area contributed by atoms with Gasteiger partial charge in [0.25, 0.3) is 0 Å². The highest BCUT2D eigenvalue weighted by molar-refractivity contribution is 5.83. The summed E-state index contributed by atoms with van der Waals surface area (Å²) in [6, 6.07) is 0. The average Bonchev–Trinajstić information content (AvgIpc) is 2.91. The van der Waals surface area contributed by atoms with Crippen LogP contribution in [-0.4, -0.2) is 68.9 Å². The van der Waals surface area contributed by atoms with E-state index in [-0.39, 0.29) is 6.61 Å². The van der Waals surface area contributed by atoms with Gasteiger partial charge >= 0.3 is 0 Å². The van der Waals surface area contributed by atoms with Crippen molar-refractivity contribution >= 4 is 17.0 Å². The van der Waals surface area contributed by atoms with E-state index in [4.69, 9.17) is 5.11 Å². The summed E-state index contributed by atoms with van der Waals surface area (Å²) < 4.78 is 2.03. The van der Waals surface area contributed by atoms with E-state index in [1.54, 1.807) is 6.33 Å². The smallest absolute Gasteiger partial charge is 0.165 e. The third-order valence-electron chi connectivity index (χ3n) is 3.81. The molecule has 1 N–H and O–H groups in total. The number of anilines is 1. The minimum absolute atomic E-state index is 0.221. The van der Waals surface area contributed by atoms with E-state index in [1.807, 2.05) is 10.9 Å². The first-order chi connectivity index (χ1) is 9.83. The minimum atomic E-state index is 0.221. The Labute approximate surface area is 117 Å². The van der Waals surface area contributed by atoms with E-state index < -0.39 is 0 Å². The molecule has 0 atom stereocenters. The van der Waals surface area contributed by atoms with Crippen molar-refractivity contribution in [2.24, 2.45) is 0 Å². The number of β-amino-alcohol motifs (C(OH)–C–C–N with tert-alkyl or cyclic N) is 1. The molecule has 108 valence electrons. The molecule has 7 nitrogen and oxygen atoms in total. The van der Waals surface area contributed by atoms with Gasteiger partial charge in [0.2, 0.25) is 0 Å². The Kier molecular flexibility index (Phi) is 3.79. The lowest BCUT2D eigenvalue weighted by Gasteiger charge is -2.34. The summed E-state index contributed by atoms with van der Waals surface area (Å²) in [5.74, 6) is 0.922. The number of hydrogen-bond donors (Lipinski definition) is 1. The zero-order valence-electron chi connectivity index (χ0n) is 11.7. The molecule has 0 aromatic carbocycles. The Balaban J connectivity index is 1.83. The van der Waals surface area contributed by atoms with Crippen LogP contribution >= 0.6 is 0 Å². The van der Waals surface area contributed by atoms with Crippen molar-refractivity contribution in [3.05, 3.63) is 12.7 Å².